The van der Waals surface area contributed by atoms with Crippen LogP contribution in [0.2, 0.25) is 0 Å². The molecule has 1 saturated heterocycles. The predicted molar refractivity (Wildman–Crippen MR) is 112 cm³/mol. The summed E-state index contributed by atoms with van der Waals surface area (Å²) in [4.78, 5) is 32.5. The van der Waals surface area contributed by atoms with Gasteiger partial charge in [-0.3, -0.25) is 14.2 Å². The van der Waals surface area contributed by atoms with Gasteiger partial charge in [0.2, 0.25) is 5.91 Å². The molecule has 1 aromatic heterocycles. The van der Waals surface area contributed by atoms with Crippen LogP contribution in [0.1, 0.15) is 18.5 Å². The zero-order valence-corrected chi connectivity index (χ0v) is 16.4. The van der Waals surface area contributed by atoms with E-state index in [1.165, 1.54) is 4.57 Å². The van der Waals surface area contributed by atoms with Crippen molar-refractivity contribution >= 4 is 22.8 Å². The van der Waals surface area contributed by atoms with Crippen molar-refractivity contribution in [2.75, 3.05) is 31.2 Å². The number of hydrogen-bond donors (Lipinski definition) is 1. The molecule has 1 aliphatic rings. The van der Waals surface area contributed by atoms with Crippen molar-refractivity contribution in [3.63, 3.8) is 0 Å². The maximum Gasteiger partial charge on any atom is 0.294 e. The molecule has 0 aliphatic carbocycles. The van der Waals surface area contributed by atoms with E-state index in [2.05, 4.69) is 10.3 Å². The van der Waals surface area contributed by atoms with Crippen LogP contribution in [0.4, 0.5) is 5.82 Å². The Morgan fingerprint density at radius 2 is 1.79 bits per heavy atom. The van der Waals surface area contributed by atoms with Gasteiger partial charge in [0.15, 0.2) is 5.82 Å². The largest absolute Gasteiger partial charge is 0.378 e. The van der Waals surface area contributed by atoms with Crippen LogP contribution in [0.15, 0.2) is 59.4 Å². The summed E-state index contributed by atoms with van der Waals surface area (Å²) in [7, 11) is 0. The summed E-state index contributed by atoms with van der Waals surface area (Å²) < 4.78 is 6.90. The lowest BCUT2D eigenvalue weighted by molar-refractivity contribution is -0.122. The number of fused-ring (bicyclic) bond motifs is 1. The first-order valence-electron chi connectivity index (χ1n) is 9.80. The summed E-state index contributed by atoms with van der Waals surface area (Å²) in [5.74, 6) is 0.156. The summed E-state index contributed by atoms with van der Waals surface area (Å²) in [5.41, 5.74) is 2.10. The number of anilines is 1. The lowest BCUT2D eigenvalue weighted by Crippen LogP contribution is -2.42. The number of amides is 1. The third-order valence-corrected chi connectivity index (χ3v) is 5.12. The highest BCUT2D eigenvalue weighted by Crippen LogP contribution is 2.16. The number of carbonyl (C=O) groups is 1. The highest BCUT2D eigenvalue weighted by Gasteiger charge is 2.20. The Morgan fingerprint density at radius 1 is 1.10 bits per heavy atom. The molecule has 2 aromatic carbocycles. The van der Waals surface area contributed by atoms with E-state index in [9.17, 15) is 9.59 Å². The van der Waals surface area contributed by atoms with E-state index < -0.39 is 0 Å². The van der Waals surface area contributed by atoms with Gasteiger partial charge in [-0.15, -0.1) is 0 Å². The van der Waals surface area contributed by atoms with E-state index in [0.29, 0.717) is 43.2 Å². The summed E-state index contributed by atoms with van der Waals surface area (Å²) in [6, 6.07) is 17.0. The normalized spacial score (nSPS) is 15.3. The number of ether oxygens (including phenoxy) is 1. The summed E-state index contributed by atoms with van der Waals surface area (Å²) in [5, 5.41) is 2.98. The van der Waals surface area contributed by atoms with Gasteiger partial charge in [-0.05, 0) is 24.6 Å². The second-order valence-corrected chi connectivity index (χ2v) is 7.11. The second-order valence-electron chi connectivity index (χ2n) is 7.11. The van der Waals surface area contributed by atoms with Gasteiger partial charge >= 0.3 is 0 Å². The molecule has 0 bridgehead atoms. The molecule has 29 heavy (non-hydrogen) atoms. The van der Waals surface area contributed by atoms with Gasteiger partial charge < -0.3 is 15.0 Å². The molecule has 0 unspecified atom stereocenters. The second kappa shape index (κ2) is 8.45. The summed E-state index contributed by atoms with van der Waals surface area (Å²) in [6.07, 6.45) is 0. The van der Waals surface area contributed by atoms with Gasteiger partial charge in [-0.2, -0.15) is 0 Å². The molecule has 3 aromatic rings. The highest BCUT2D eigenvalue weighted by molar-refractivity contribution is 5.81. The van der Waals surface area contributed by atoms with Crippen LogP contribution in [0.25, 0.3) is 11.0 Å². The van der Waals surface area contributed by atoms with Crippen molar-refractivity contribution in [2.24, 2.45) is 0 Å². The predicted octanol–water partition coefficient (Wildman–Crippen LogP) is 2.11. The smallest absolute Gasteiger partial charge is 0.294 e. The van der Waals surface area contributed by atoms with Crippen LogP contribution < -0.4 is 15.8 Å². The molecule has 0 radical (unpaired) electrons. The summed E-state index contributed by atoms with van der Waals surface area (Å²) >= 11 is 0. The molecule has 0 spiro atoms. The number of nitrogens with zero attached hydrogens (tertiary/aromatic N) is 3. The van der Waals surface area contributed by atoms with Crippen LogP contribution in [0, 0.1) is 0 Å². The van der Waals surface area contributed by atoms with Crippen molar-refractivity contribution in [1.82, 2.24) is 14.9 Å². The molecule has 1 fully saturated rings. The van der Waals surface area contributed by atoms with E-state index >= 15 is 0 Å². The monoisotopic (exact) mass is 392 g/mol. The molecule has 1 N–H and O–H groups in total. The zero-order valence-electron chi connectivity index (χ0n) is 16.4. The first-order chi connectivity index (χ1) is 14.1. The minimum atomic E-state index is -0.256. The lowest BCUT2D eigenvalue weighted by Gasteiger charge is -2.28. The lowest BCUT2D eigenvalue weighted by atomic mass is 10.1. The molecule has 2 heterocycles. The minimum absolute atomic E-state index is 0.0591. The van der Waals surface area contributed by atoms with E-state index in [1.54, 1.807) is 0 Å². The number of hydrogen-bond acceptors (Lipinski definition) is 5. The molecule has 1 atom stereocenters. The molecule has 150 valence electrons. The van der Waals surface area contributed by atoms with E-state index in [4.69, 9.17) is 4.74 Å². The first-order valence-corrected chi connectivity index (χ1v) is 9.80. The van der Waals surface area contributed by atoms with Crippen LogP contribution in [0.3, 0.4) is 0 Å². The standard InChI is InChI=1S/C22H24N4O3/c1-16(17-7-3-2-4-8-17)23-20(27)15-26-19-10-6-5-9-18(19)24-21(22(26)28)25-11-13-29-14-12-25/h2-10,16H,11-15H2,1H3,(H,23,27)/t16-/m1/s1. The Hall–Kier alpha value is -3.19. The number of benzene rings is 2. The Kier molecular flexibility index (Phi) is 5.57. The quantitative estimate of drug-likeness (QED) is 0.720. The fraction of sp³-hybridized carbons (Fsp3) is 0.318. The van der Waals surface area contributed by atoms with Crippen LogP contribution in [-0.4, -0.2) is 41.8 Å². The zero-order chi connectivity index (χ0) is 20.2. The Balaban J connectivity index is 1.64. The molecule has 1 amide bonds. The van der Waals surface area contributed by atoms with E-state index in [1.807, 2.05) is 66.4 Å². The van der Waals surface area contributed by atoms with Crippen LogP contribution >= 0.6 is 0 Å². The molecule has 4 rings (SSSR count). The highest BCUT2D eigenvalue weighted by atomic mass is 16.5. The van der Waals surface area contributed by atoms with E-state index in [-0.39, 0.29) is 24.1 Å². The van der Waals surface area contributed by atoms with Crippen molar-refractivity contribution in [3.8, 4) is 0 Å². The van der Waals surface area contributed by atoms with Gasteiger partial charge in [0.1, 0.15) is 6.54 Å². The average molecular weight is 392 g/mol. The SMILES string of the molecule is C[C@@H](NC(=O)Cn1c(=O)c(N2CCOCC2)nc2ccccc21)c1ccccc1. The number of nitrogens with one attached hydrogen (secondary N) is 1. The summed E-state index contributed by atoms with van der Waals surface area (Å²) in [6.45, 7) is 4.21. The van der Waals surface area contributed by atoms with Gasteiger partial charge in [0.05, 0.1) is 30.3 Å². The fourth-order valence-corrected chi connectivity index (χ4v) is 3.57. The number of para-hydroxylation sites is 2. The minimum Gasteiger partial charge on any atom is -0.378 e. The maximum absolute atomic E-state index is 13.2. The average Bonchev–Trinajstić information content (AvgIpc) is 2.76. The third kappa shape index (κ3) is 4.14. The van der Waals surface area contributed by atoms with Crippen LogP contribution in [-0.2, 0) is 16.1 Å². The fourth-order valence-electron chi connectivity index (χ4n) is 3.57. The third-order valence-electron chi connectivity index (χ3n) is 5.12. The van der Waals surface area contributed by atoms with Crippen molar-refractivity contribution in [2.45, 2.75) is 19.5 Å². The Labute approximate surface area is 168 Å². The Bertz CT molecular complexity index is 1060. The van der Waals surface area contributed by atoms with Crippen molar-refractivity contribution < 1.29 is 9.53 Å². The molecule has 0 saturated carbocycles. The van der Waals surface area contributed by atoms with Crippen molar-refractivity contribution in [1.29, 1.82) is 0 Å². The number of carbonyl (C=O) groups excluding carboxylic acids is 1. The van der Waals surface area contributed by atoms with Crippen molar-refractivity contribution in [3.05, 3.63) is 70.5 Å². The van der Waals surface area contributed by atoms with Gasteiger partial charge in [0, 0.05) is 13.1 Å². The molecular weight excluding hydrogens is 368 g/mol. The van der Waals surface area contributed by atoms with Gasteiger partial charge in [-0.25, -0.2) is 4.98 Å². The first kappa shape index (κ1) is 19.1. The number of aromatic nitrogens is 2. The Morgan fingerprint density at radius 3 is 2.55 bits per heavy atom. The topological polar surface area (TPSA) is 76.5 Å². The van der Waals surface area contributed by atoms with Gasteiger partial charge in [-0.1, -0.05) is 42.5 Å². The maximum atomic E-state index is 13.2. The molecule has 7 heteroatoms. The molecule has 1 aliphatic heterocycles. The van der Waals surface area contributed by atoms with E-state index in [0.717, 1.165) is 5.56 Å². The van der Waals surface area contributed by atoms with Gasteiger partial charge in [0.25, 0.3) is 5.56 Å². The number of rotatable bonds is 5. The number of morpholine rings is 1. The molecule has 7 nitrogen and oxygen atoms in total. The molecular formula is C22H24N4O3. The van der Waals surface area contributed by atoms with Crippen LogP contribution in [0.5, 0.6) is 0 Å².